The number of carbonyl (C=O) groups excluding carboxylic acids is 4. The fourth-order valence-electron chi connectivity index (χ4n) is 11.0. The van der Waals surface area contributed by atoms with Crippen molar-refractivity contribution in [2.24, 2.45) is 23.7 Å². The molecule has 0 aromatic heterocycles. The molecule has 6 atom stereocenters. The summed E-state index contributed by atoms with van der Waals surface area (Å²) in [5.74, 6) is 0.910. The number of hydrogen-bond acceptors (Lipinski definition) is 15. The van der Waals surface area contributed by atoms with Crippen LogP contribution < -0.4 is 0 Å². The molecule has 0 aliphatic heterocycles. The minimum absolute atomic E-state index is 0.104. The van der Waals surface area contributed by atoms with E-state index in [9.17, 15) is 43.2 Å². The lowest BCUT2D eigenvalue weighted by Gasteiger charge is -2.21. The van der Waals surface area contributed by atoms with Gasteiger partial charge in [0.2, 0.25) is 0 Å². The van der Waals surface area contributed by atoms with Crippen molar-refractivity contribution in [2.75, 3.05) is 39.6 Å². The fourth-order valence-corrected chi connectivity index (χ4v) is 12.6. The summed E-state index contributed by atoms with van der Waals surface area (Å²) in [5, 5.41) is 10.6. The maximum atomic E-state index is 13.1. The lowest BCUT2D eigenvalue weighted by Crippen LogP contribution is -2.30. The lowest BCUT2D eigenvalue weighted by molar-refractivity contribution is -0.161. The van der Waals surface area contributed by atoms with E-state index in [1.165, 1.54) is 167 Å². The molecule has 3 N–H and O–H groups in total. The van der Waals surface area contributed by atoms with Crippen molar-refractivity contribution in [3.05, 3.63) is 0 Å². The van der Waals surface area contributed by atoms with Crippen LogP contribution in [0.4, 0.5) is 0 Å². The molecule has 0 aromatic rings. The smallest absolute Gasteiger partial charge is 0.462 e. The van der Waals surface area contributed by atoms with E-state index in [1.54, 1.807) is 0 Å². The monoisotopic (exact) mass is 1350 g/mol. The number of carbonyl (C=O) groups is 4. The van der Waals surface area contributed by atoms with E-state index in [2.05, 4.69) is 55.4 Å². The molecule has 0 fully saturated rings. The zero-order valence-corrected chi connectivity index (χ0v) is 62.0. The number of phosphoric acid groups is 2. The molecular weight excluding hydrogens is 1210 g/mol. The molecule has 0 spiro atoms. The number of phosphoric ester groups is 2. The van der Waals surface area contributed by atoms with E-state index >= 15 is 0 Å². The van der Waals surface area contributed by atoms with Gasteiger partial charge in [-0.2, -0.15) is 0 Å². The Morgan fingerprint density at radius 3 is 0.772 bits per heavy atom. The van der Waals surface area contributed by atoms with Crippen LogP contribution in [0.2, 0.25) is 0 Å². The van der Waals surface area contributed by atoms with E-state index in [1.807, 2.05) is 0 Å². The zero-order valence-electron chi connectivity index (χ0n) is 60.2. The van der Waals surface area contributed by atoms with Gasteiger partial charge < -0.3 is 33.8 Å². The van der Waals surface area contributed by atoms with Gasteiger partial charge in [-0.15, -0.1) is 0 Å². The van der Waals surface area contributed by atoms with Gasteiger partial charge in [0.15, 0.2) is 12.2 Å². The summed E-state index contributed by atoms with van der Waals surface area (Å²) in [5.41, 5.74) is 0. The molecule has 0 heterocycles. The quantitative estimate of drug-likeness (QED) is 0.0222. The van der Waals surface area contributed by atoms with Crippen LogP contribution in [0, 0.1) is 23.7 Å². The van der Waals surface area contributed by atoms with Crippen LogP contribution in [0.15, 0.2) is 0 Å². The lowest BCUT2D eigenvalue weighted by atomic mass is 9.99. The third-order valence-corrected chi connectivity index (χ3v) is 19.1. The SMILES string of the molecule is CCC(C)CCCCCCCCCCC(=O)OC[C@H](COP(=O)(O)OCC(O)COP(=O)(O)OC[C@@H](COC(=O)CCCCCCCCCCC(C)C)OC(=O)CCCCCCCCCCCC(C)C)OC(=O)CCCCCCCCCCCCCCCCC(C)C. The first kappa shape index (κ1) is 90.1. The minimum Gasteiger partial charge on any atom is -0.462 e. The van der Waals surface area contributed by atoms with Gasteiger partial charge in [-0.1, -0.05) is 312 Å². The van der Waals surface area contributed by atoms with Crippen LogP contribution in [-0.2, 0) is 65.4 Å². The Balaban J connectivity index is 5.26. The molecular formula is C73H142O17P2. The third-order valence-electron chi connectivity index (χ3n) is 17.2. The predicted octanol–water partition coefficient (Wildman–Crippen LogP) is 20.9. The van der Waals surface area contributed by atoms with Crippen LogP contribution in [-0.4, -0.2) is 96.7 Å². The van der Waals surface area contributed by atoms with Gasteiger partial charge in [-0.3, -0.25) is 37.3 Å². The first-order valence-electron chi connectivity index (χ1n) is 37.7. The van der Waals surface area contributed by atoms with Crippen LogP contribution in [0.3, 0.4) is 0 Å². The predicted molar refractivity (Wildman–Crippen MR) is 372 cm³/mol. The molecule has 0 saturated carbocycles. The molecule has 0 aliphatic carbocycles. The second-order valence-corrected chi connectivity index (χ2v) is 30.9. The highest BCUT2D eigenvalue weighted by Crippen LogP contribution is 2.45. The molecule has 17 nitrogen and oxygen atoms in total. The second kappa shape index (κ2) is 62.6. The molecule has 0 aromatic carbocycles. The fraction of sp³-hybridized carbons (Fsp3) is 0.945. The molecule has 0 bridgehead atoms. The Morgan fingerprint density at radius 1 is 0.304 bits per heavy atom. The maximum Gasteiger partial charge on any atom is 0.472 e. The van der Waals surface area contributed by atoms with Crippen molar-refractivity contribution in [1.82, 2.24) is 0 Å². The van der Waals surface area contributed by atoms with Gasteiger partial charge in [0.1, 0.15) is 19.3 Å². The summed E-state index contributed by atoms with van der Waals surface area (Å²) in [6.45, 7) is 14.1. The highest BCUT2D eigenvalue weighted by Gasteiger charge is 2.30. The van der Waals surface area contributed by atoms with Crippen molar-refractivity contribution in [3.8, 4) is 0 Å². The van der Waals surface area contributed by atoms with Crippen molar-refractivity contribution < 1.29 is 80.2 Å². The summed E-state index contributed by atoms with van der Waals surface area (Å²) in [4.78, 5) is 72.7. The van der Waals surface area contributed by atoms with Crippen LogP contribution in [0.5, 0.6) is 0 Å². The first-order valence-corrected chi connectivity index (χ1v) is 40.7. The highest BCUT2D eigenvalue weighted by atomic mass is 31.2. The first-order chi connectivity index (χ1) is 44.1. The molecule has 4 unspecified atom stereocenters. The van der Waals surface area contributed by atoms with Crippen molar-refractivity contribution in [1.29, 1.82) is 0 Å². The van der Waals surface area contributed by atoms with Gasteiger partial charge in [0.05, 0.1) is 26.4 Å². The topological polar surface area (TPSA) is 237 Å². The number of esters is 4. The summed E-state index contributed by atoms with van der Waals surface area (Å²) in [7, 11) is -9.91. The average molecular weight is 1350 g/mol. The third kappa shape index (κ3) is 65.4. The largest absolute Gasteiger partial charge is 0.472 e. The number of ether oxygens (including phenoxy) is 4. The summed E-state index contributed by atoms with van der Waals surface area (Å²) in [6.07, 6.45) is 45.8. The van der Waals surface area contributed by atoms with Crippen molar-refractivity contribution in [2.45, 2.75) is 382 Å². The minimum atomic E-state index is -4.96. The van der Waals surface area contributed by atoms with E-state index in [0.29, 0.717) is 25.7 Å². The van der Waals surface area contributed by atoms with E-state index < -0.39 is 97.5 Å². The van der Waals surface area contributed by atoms with Crippen molar-refractivity contribution in [3.63, 3.8) is 0 Å². The molecule has 546 valence electrons. The molecule has 0 rings (SSSR count). The molecule has 0 amide bonds. The van der Waals surface area contributed by atoms with Gasteiger partial charge >= 0.3 is 39.5 Å². The van der Waals surface area contributed by atoms with Gasteiger partial charge in [0.25, 0.3) is 0 Å². The number of aliphatic hydroxyl groups is 1. The standard InChI is InChI=1S/C73H142O17P2/c1-9-66(8)52-44-36-28-22-24-30-38-46-54-71(76)84-60-68(89-72(77)55-47-39-31-19-15-13-11-10-12-14-17-25-33-41-49-63(2)3)61-87-91(79,80)85-57-67(74)58-86-92(81,82)88-62-69(59-83-70(75)53-45-37-29-23-21-27-35-43-51-65(6)7)90-73(78)56-48-40-32-20-16-18-26-34-42-50-64(4)5/h63-69,74H,9-62H2,1-8H3,(H,79,80)(H,81,82)/t66?,67?,68-,69-/m1/s1. The van der Waals surface area contributed by atoms with E-state index in [-0.39, 0.29) is 25.7 Å². The van der Waals surface area contributed by atoms with Crippen LogP contribution >= 0.6 is 15.6 Å². The van der Waals surface area contributed by atoms with Crippen molar-refractivity contribution >= 4 is 39.5 Å². The maximum absolute atomic E-state index is 13.1. The van der Waals surface area contributed by atoms with E-state index in [4.69, 9.17) is 37.0 Å². The summed E-state index contributed by atoms with van der Waals surface area (Å²) in [6, 6.07) is 0. The van der Waals surface area contributed by atoms with Gasteiger partial charge in [0, 0.05) is 25.7 Å². The van der Waals surface area contributed by atoms with E-state index in [0.717, 1.165) is 114 Å². The van der Waals surface area contributed by atoms with Gasteiger partial charge in [-0.05, 0) is 49.4 Å². The summed E-state index contributed by atoms with van der Waals surface area (Å²) < 4.78 is 68.4. The molecule has 19 heteroatoms. The Morgan fingerprint density at radius 2 is 0.522 bits per heavy atom. The van der Waals surface area contributed by atoms with Crippen LogP contribution in [0.25, 0.3) is 0 Å². The Bertz CT molecular complexity index is 1820. The molecule has 0 aliphatic rings. The van der Waals surface area contributed by atoms with Gasteiger partial charge in [-0.25, -0.2) is 9.13 Å². The average Bonchev–Trinajstić information content (AvgIpc) is 2.73. The van der Waals surface area contributed by atoms with Crippen LogP contribution in [0.1, 0.15) is 364 Å². The summed E-state index contributed by atoms with van der Waals surface area (Å²) >= 11 is 0. The number of hydrogen-bond donors (Lipinski definition) is 3. The molecule has 0 radical (unpaired) electrons. The Kier molecular flexibility index (Phi) is 61.3. The number of unbranched alkanes of at least 4 members (excludes halogenated alkanes) is 35. The Hall–Kier alpha value is -1.94. The molecule has 0 saturated heterocycles. The normalized spacial score (nSPS) is 14.5. The highest BCUT2D eigenvalue weighted by molar-refractivity contribution is 7.47. The molecule has 92 heavy (non-hydrogen) atoms. The Labute approximate surface area is 562 Å². The zero-order chi connectivity index (χ0) is 68.2. The number of aliphatic hydroxyl groups excluding tert-OH is 1. The number of rotatable bonds is 70. The second-order valence-electron chi connectivity index (χ2n) is 28.0.